The number of nitrogens with one attached hydrogen (secondary N) is 1. The molecule has 38 heavy (non-hydrogen) atoms. The highest BCUT2D eigenvalue weighted by Crippen LogP contribution is 2.55. The maximum absolute atomic E-state index is 15.8. The van der Waals surface area contributed by atoms with Crippen molar-refractivity contribution in [2.45, 2.75) is 57.5 Å². The summed E-state index contributed by atoms with van der Waals surface area (Å²) in [6, 6.07) is 20.7. The van der Waals surface area contributed by atoms with Gasteiger partial charge in [-0.15, -0.1) is 0 Å². The molecule has 0 aliphatic carbocycles. The summed E-state index contributed by atoms with van der Waals surface area (Å²) in [5.41, 5.74) is 4.07. The molecule has 1 aliphatic heterocycles. The normalized spacial score (nSPS) is 23.7. The van der Waals surface area contributed by atoms with Gasteiger partial charge in [0.05, 0.1) is 17.7 Å². The van der Waals surface area contributed by atoms with Crippen LogP contribution in [-0.2, 0) is 5.41 Å². The van der Waals surface area contributed by atoms with Crippen LogP contribution in [0.5, 0.6) is 0 Å². The van der Waals surface area contributed by atoms with Crippen molar-refractivity contribution in [3.8, 4) is 6.07 Å². The molecule has 0 saturated carbocycles. The van der Waals surface area contributed by atoms with E-state index in [0.717, 1.165) is 10.0 Å². The molecule has 1 heterocycles. The van der Waals surface area contributed by atoms with Crippen molar-refractivity contribution in [2.24, 2.45) is 5.41 Å². The van der Waals surface area contributed by atoms with E-state index in [1.165, 1.54) is 18.2 Å². The number of hydrazine groups is 1. The average Bonchev–Trinajstić information content (AvgIpc) is 3.06. The standard InChI is InChI=1S/C30H30BrClFN3O2/c1-18-27(20-6-5-7-21(31)14-20)30(17-34,24-13-10-22(32)15-25(24)33)26(16-29(2,3)4)36(18)35-23-11-8-19(9-12-23)28(37)38/h5-15,18,26-27,35H,16H2,1-4H3,(H,37,38)/t18-,26+,27-,30+/m1/s1. The number of hydrogen-bond donors (Lipinski definition) is 2. The third kappa shape index (κ3) is 5.31. The summed E-state index contributed by atoms with van der Waals surface area (Å²) in [5.74, 6) is -1.93. The molecule has 4 atom stereocenters. The first-order chi connectivity index (χ1) is 17.9. The van der Waals surface area contributed by atoms with Gasteiger partial charge in [-0.05, 0) is 72.9 Å². The van der Waals surface area contributed by atoms with E-state index >= 15 is 4.39 Å². The molecule has 5 nitrogen and oxygen atoms in total. The molecule has 0 radical (unpaired) electrons. The van der Waals surface area contributed by atoms with Gasteiger partial charge in [-0.3, -0.25) is 0 Å². The maximum Gasteiger partial charge on any atom is 0.335 e. The first kappa shape index (κ1) is 28.1. The molecule has 0 spiro atoms. The molecule has 4 rings (SSSR count). The summed E-state index contributed by atoms with van der Waals surface area (Å²) in [6.07, 6.45) is 0.581. The Balaban J connectivity index is 1.95. The molecule has 3 aromatic rings. The zero-order valence-corrected chi connectivity index (χ0v) is 24.0. The minimum absolute atomic E-state index is 0.179. The number of carboxylic acids is 1. The molecular formula is C30H30BrClFN3O2. The van der Waals surface area contributed by atoms with Gasteiger partial charge >= 0.3 is 5.97 Å². The van der Waals surface area contributed by atoms with E-state index in [0.29, 0.717) is 17.7 Å². The van der Waals surface area contributed by atoms with Gasteiger partial charge < -0.3 is 10.5 Å². The summed E-state index contributed by atoms with van der Waals surface area (Å²) < 4.78 is 16.6. The largest absolute Gasteiger partial charge is 0.478 e. The molecule has 0 aromatic heterocycles. The predicted octanol–water partition coefficient (Wildman–Crippen LogP) is 8.02. The first-order valence-electron chi connectivity index (χ1n) is 12.4. The van der Waals surface area contributed by atoms with Crippen molar-refractivity contribution in [3.63, 3.8) is 0 Å². The van der Waals surface area contributed by atoms with Crippen LogP contribution in [0.2, 0.25) is 5.02 Å². The predicted molar refractivity (Wildman–Crippen MR) is 152 cm³/mol. The molecule has 1 saturated heterocycles. The number of hydrogen-bond acceptors (Lipinski definition) is 4. The van der Waals surface area contributed by atoms with Crippen LogP contribution in [0.25, 0.3) is 0 Å². The molecule has 8 heteroatoms. The van der Waals surface area contributed by atoms with Gasteiger partial charge in [-0.1, -0.05) is 66.5 Å². The number of carboxylic acid groups (broad SMARTS) is 1. The summed E-state index contributed by atoms with van der Waals surface area (Å²) in [5, 5.41) is 22.7. The van der Waals surface area contributed by atoms with E-state index in [-0.39, 0.29) is 22.0 Å². The first-order valence-corrected chi connectivity index (χ1v) is 13.5. The van der Waals surface area contributed by atoms with Crippen molar-refractivity contribution >= 4 is 39.2 Å². The molecule has 1 fully saturated rings. The van der Waals surface area contributed by atoms with E-state index in [1.54, 1.807) is 24.3 Å². The fourth-order valence-corrected chi connectivity index (χ4v) is 6.30. The van der Waals surface area contributed by atoms with Gasteiger partial charge in [0.1, 0.15) is 11.2 Å². The van der Waals surface area contributed by atoms with Crippen LogP contribution in [0, 0.1) is 22.6 Å². The summed E-state index contributed by atoms with van der Waals surface area (Å²) in [4.78, 5) is 11.4. The Hall–Kier alpha value is -2.92. The Bertz CT molecular complexity index is 1390. The number of aromatic carboxylic acids is 1. The summed E-state index contributed by atoms with van der Waals surface area (Å²) in [6.45, 7) is 8.34. The SMILES string of the molecule is C[C@@H]1[C@H](c2cccc(Br)c2)[C@@](C#N)(c2ccc(Cl)cc2F)[C@H](CC(C)(C)C)N1Nc1ccc(C(=O)O)cc1. The van der Waals surface area contributed by atoms with Crippen molar-refractivity contribution in [2.75, 3.05) is 5.43 Å². The maximum atomic E-state index is 15.8. The monoisotopic (exact) mass is 597 g/mol. The Labute approximate surface area is 236 Å². The Morgan fingerprint density at radius 1 is 1.18 bits per heavy atom. The van der Waals surface area contributed by atoms with E-state index in [2.05, 4.69) is 48.2 Å². The molecule has 198 valence electrons. The second-order valence-electron chi connectivity index (χ2n) is 11.1. The number of anilines is 1. The molecule has 1 aliphatic rings. The van der Waals surface area contributed by atoms with E-state index in [4.69, 9.17) is 11.6 Å². The van der Waals surface area contributed by atoms with E-state index < -0.39 is 29.2 Å². The van der Waals surface area contributed by atoms with Crippen LogP contribution in [-0.4, -0.2) is 28.2 Å². The Kier molecular flexibility index (Phi) is 7.90. The van der Waals surface area contributed by atoms with Crippen LogP contribution in [0.15, 0.2) is 71.2 Å². The second-order valence-corrected chi connectivity index (χ2v) is 12.4. The highest BCUT2D eigenvalue weighted by Gasteiger charge is 2.61. The molecule has 2 N–H and O–H groups in total. The fourth-order valence-electron chi connectivity index (χ4n) is 5.72. The third-order valence-electron chi connectivity index (χ3n) is 7.24. The summed E-state index contributed by atoms with van der Waals surface area (Å²) in [7, 11) is 0. The molecule has 0 unspecified atom stereocenters. The van der Waals surface area contributed by atoms with Gasteiger partial charge in [-0.2, -0.15) is 5.26 Å². The van der Waals surface area contributed by atoms with Gasteiger partial charge in [0.15, 0.2) is 0 Å². The van der Waals surface area contributed by atoms with Gasteiger partial charge in [0, 0.05) is 32.7 Å². The van der Waals surface area contributed by atoms with Crippen molar-refractivity contribution in [1.29, 1.82) is 5.26 Å². The van der Waals surface area contributed by atoms with E-state index in [9.17, 15) is 15.2 Å². The van der Waals surface area contributed by atoms with Crippen LogP contribution in [0.1, 0.15) is 61.5 Å². The second kappa shape index (κ2) is 10.7. The average molecular weight is 599 g/mol. The minimum Gasteiger partial charge on any atom is -0.478 e. The highest BCUT2D eigenvalue weighted by atomic mass is 79.9. The van der Waals surface area contributed by atoms with Crippen LogP contribution in [0.3, 0.4) is 0 Å². The van der Waals surface area contributed by atoms with Gasteiger partial charge in [-0.25, -0.2) is 14.2 Å². The number of rotatable bonds is 6. The lowest BCUT2D eigenvalue weighted by atomic mass is 9.63. The Morgan fingerprint density at radius 2 is 1.87 bits per heavy atom. The van der Waals surface area contributed by atoms with Crippen molar-refractivity contribution in [1.82, 2.24) is 5.01 Å². The molecule has 3 aromatic carbocycles. The highest BCUT2D eigenvalue weighted by molar-refractivity contribution is 9.10. The van der Waals surface area contributed by atoms with E-state index in [1.807, 2.05) is 36.2 Å². The number of benzene rings is 3. The zero-order chi connectivity index (χ0) is 27.8. The zero-order valence-electron chi connectivity index (χ0n) is 21.7. The molecule has 0 bridgehead atoms. The third-order valence-corrected chi connectivity index (χ3v) is 7.97. The number of carbonyl (C=O) groups is 1. The molecular weight excluding hydrogens is 569 g/mol. The smallest absolute Gasteiger partial charge is 0.335 e. The fraction of sp³-hybridized carbons (Fsp3) is 0.333. The van der Waals surface area contributed by atoms with Crippen LogP contribution < -0.4 is 5.43 Å². The lowest BCUT2D eigenvalue weighted by Gasteiger charge is -2.39. The minimum atomic E-state index is -1.27. The Morgan fingerprint density at radius 3 is 2.42 bits per heavy atom. The number of halogens is 3. The van der Waals surface area contributed by atoms with Crippen LogP contribution in [0.4, 0.5) is 10.1 Å². The lowest BCUT2D eigenvalue weighted by molar-refractivity contribution is 0.0697. The van der Waals surface area contributed by atoms with Gasteiger partial charge in [0.25, 0.3) is 0 Å². The molecule has 0 amide bonds. The lowest BCUT2D eigenvalue weighted by Crippen LogP contribution is -2.48. The van der Waals surface area contributed by atoms with Crippen molar-refractivity contribution in [3.05, 3.63) is 98.7 Å². The summed E-state index contributed by atoms with van der Waals surface area (Å²) >= 11 is 9.70. The van der Waals surface area contributed by atoms with Crippen molar-refractivity contribution < 1.29 is 14.3 Å². The van der Waals surface area contributed by atoms with Crippen LogP contribution >= 0.6 is 27.5 Å². The van der Waals surface area contributed by atoms with Gasteiger partial charge in [0.2, 0.25) is 0 Å². The number of nitrogens with zero attached hydrogens (tertiary/aromatic N) is 2. The topological polar surface area (TPSA) is 76.4 Å². The number of nitriles is 1. The quantitative estimate of drug-likeness (QED) is 0.300.